The lowest BCUT2D eigenvalue weighted by molar-refractivity contribution is -0.120. The molecule has 0 saturated carbocycles. The molecule has 0 aromatic rings. The number of ether oxygens (including phenoxy) is 1. The van der Waals surface area contributed by atoms with Crippen LogP contribution >= 0.6 is 0 Å². The molecule has 0 aromatic carbocycles. The van der Waals surface area contributed by atoms with Crippen molar-refractivity contribution >= 4 is 11.9 Å². The highest BCUT2D eigenvalue weighted by Gasteiger charge is 2.13. The van der Waals surface area contributed by atoms with Gasteiger partial charge >= 0.3 is 6.09 Å². The van der Waals surface area contributed by atoms with E-state index in [4.69, 9.17) is 0 Å². The Balaban J connectivity index is 0. The Morgan fingerprint density at radius 3 is 2.50 bits per heavy atom. The van der Waals surface area contributed by atoms with Crippen molar-refractivity contribution in [2.75, 3.05) is 6.61 Å². The first kappa shape index (κ1) is 10.9. The second kappa shape index (κ2) is 5.57. The first-order chi connectivity index (χ1) is 5.61. The maximum absolute atomic E-state index is 11.0. The molecule has 0 saturated heterocycles. The van der Waals surface area contributed by atoms with E-state index in [0.29, 0.717) is 13.0 Å². The van der Waals surface area contributed by atoms with Crippen LogP contribution in [0.1, 0.15) is 28.6 Å². The predicted molar refractivity (Wildman–Crippen MR) is 47.0 cm³/mol. The molecule has 0 fully saturated rings. The Kier molecular flexibility index (Phi) is 5.08. The van der Waals surface area contributed by atoms with Gasteiger partial charge in [-0.15, -0.1) is 0 Å². The van der Waals surface area contributed by atoms with Crippen LogP contribution in [0.5, 0.6) is 0 Å². The van der Waals surface area contributed by atoms with Gasteiger partial charge in [0.1, 0.15) is 0 Å². The molecule has 1 N–H and O–H groups in total. The van der Waals surface area contributed by atoms with Gasteiger partial charge in [-0.2, -0.15) is 0 Å². The molecule has 0 aliphatic heterocycles. The van der Waals surface area contributed by atoms with E-state index >= 15 is 0 Å². The Morgan fingerprint density at radius 1 is 1.50 bits per heavy atom. The highest BCUT2D eigenvalue weighted by molar-refractivity contribution is 5.86. The number of rotatable bonds is 4. The van der Waals surface area contributed by atoms with Crippen LogP contribution in [-0.4, -0.2) is 24.5 Å². The van der Waals surface area contributed by atoms with Crippen molar-refractivity contribution in [2.45, 2.75) is 33.2 Å². The third-order valence-corrected chi connectivity index (χ3v) is 1.44. The maximum atomic E-state index is 11.0. The van der Waals surface area contributed by atoms with Crippen LogP contribution in [0.2, 0.25) is 0 Å². The van der Waals surface area contributed by atoms with Gasteiger partial charge in [0, 0.05) is 7.85 Å². The summed E-state index contributed by atoms with van der Waals surface area (Å²) in [5, 5.41) is 2.42. The lowest BCUT2D eigenvalue weighted by Gasteiger charge is -2.10. The van der Waals surface area contributed by atoms with Gasteiger partial charge in [0.05, 0.1) is 12.6 Å². The minimum Gasteiger partial charge on any atom is -0.450 e. The van der Waals surface area contributed by atoms with Crippen molar-refractivity contribution in [3.05, 3.63) is 0 Å². The van der Waals surface area contributed by atoms with Crippen LogP contribution in [0.3, 0.4) is 0 Å². The van der Waals surface area contributed by atoms with Gasteiger partial charge in [-0.25, -0.2) is 4.79 Å². The number of ketones is 1. The molecule has 0 spiro atoms. The number of alkyl carbamates (subject to hydrolysis) is 1. The van der Waals surface area contributed by atoms with E-state index in [1.165, 1.54) is 0 Å². The number of nitrogens with one attached hydrogen (secondary N) is 1. The normalized spacial score (nSPS) is 11.9. The quantitative estimate of drug-likeness (QED) is 0.701. The number of carbonyl (C=O) groups is 2. The Hall–Kier alpha value is -1.06. The molecule has 4 heteroatoms. The van der Waals surface area contributed by atoms with Crippen molar-refractivity contribution in [2.24, 2.45) is 0 Å². The number of hydrogen-bond acceptors (Lipinski definition) is 3. The molecule has 0 aliphatic carbocycles. The van der Waals surface area contributed by atoms with E-state index in [2.05, 4.69) is 10.1 Å². The van der Waals surface area contributed by atoms with E-state index in [0.717, 1.165) is 0 Å². The molecule has 0 bridgehead atoms. The van der Waals surface area contributed by atoms with E-state index in [1.54, 1.807) is 20.8 Å². The summed E-state index contributed by atoms with van der Waals surface area (Å²) in [6.45, 7) is 5.43. The van der Waals surface area contributed by atoms with E-state index in [-0.39, 0.29) is 7.21 Å². The molecule has 12 heavy (non-hydrogen) atoms. The van der Waals surface area contributed by atoms with Crippen molar-refractivity contribution in [1.82, 2.24) is 5.32 Å². The average molecular weight is 175 g/mol. The van der Waals surface area contributed by atoms with Crippen LogP contribution < -0.4 is 5.32 Å². The lowest BCUT2D eigenvalue weighted by Crippen LogP contribution is -2.38. The largest absolute Gasteiger partial charge is 0.450 e. The van der Waals surface area contributed by atoms with Crippen molar-refractivity contribution in [1.29, 1.82) is 0 Å². The van der Waals surface area contributed by atoms with Gasteiger partial charge in [0.15, 0.2) is 5.78 Å². The van der Waals surface area contributed by atoms with Gasteiger partial charge in [-0.1, -0.05) is 6.92 Å². The fourth-order valence-electron chi connectivity index (χ4n) is 0.736. The van der Waals surface area contributed by atoms with Gasteiger partial charge in [0.25, 0.3) is 0 Å². The molecule has 4 nitrogen and oxygen atoms in total. The summed E-state index contributed by atoms with van der Waals surface area (Å²) in [5.41, 5.74) is 0. The summed E-state index contributed by atoms with van der Waals surface area (Å²) in [5.74, 6) is 0.00283. The van der Waals surface area contributed by atoms with Crippen molar-refractivity contribution < 1.29 is 15.8 Å². The third-order valence-electron chi connectivity index (χ3n) is 1.44. The molecule has 72 valence electrons. The minimum absolute atomic E-state index is 0. The summed E-state index contributed by atoms with van der Waals surface area (Å²) in [7, 11) is 0. The molecule has 0 radical (unpaired) electrons. The highest BCUT2D eigenvalue weighted by Crippen LogP contribution is 1.90. The molecule has 1 unspecified atom stereocenters. The second-order valence-corrected chi connectivity index (χ2v) is 2.41. The number of amides is 1. The van der Waals surface area contributed by atoms with E-state index < -0.39 is 12.1 Å². The third kappa shape index (κ3) is 3.95. The SMILES string of the molecule is CCOC(=O)NC(C)C(=O)CC.[HH]. The number of Topliss-reactive ketones (excluding diaryl/α,β-unsaturated/α-hetero) is 1. The lowest BCUT2D eigenvalue weighted by atomic mass is 10.2. The van der Waals surface area contributed by atoms with Gasteiger partial charge in [-0.3, -0.25) is 4.79 Å². The van der Waals surface area contributed by atoms with Crippen LogP contribution in [0.25, 0.3) is 0 Å². The van der Waals surface area contributed by atoms with E-state index in [9.17, 15) is 9.59 Å². The zero-order chi connectivity index (χ0) is 9.56. The fraction of sp³-hybridized carbons (Fsp3) is 0.750. The van der Waals surface area contributed by atoms with Crippen molar-refractivity contribution in [3.63, 3.8) is 0 Å². The number of carbonyl (C=O) groups excluding carboxylic acids is 2. The topological polar surface area (TPSA) is 55.4 Å². The molecule has 1 amide bonds. The summed E-state index contributed by atoms with van der Waals surface area (Å²) < 4.78 is 4.60. The maximum Gasteiger partial charge on any atom is 0.407 e. The molecule has 1 atom stereocenters. The molecule has 0 heterocycles. The van der Waals surface area contributed by atoms with Gasteiger partial charge < -0.3 is 10.1 Å². The molecule has 0 aliphatic rings. The monoisotopic (exact) mass is 175 g/mol. The molecule has 0 aromatic heterocycles. The summed E-state index contributed by atoms with van der Waals surface area (Å²) in [4.78, 5) is 21.8. The molecule has 0 rings (SSSR count). The summed E-state index contributed by atoms with van der Waals surface area (Å²) >= 11 is 0. The Morgan fingerprint density at radius 2 is 2.08 bits per heavy atom. The standard InChI is InChI=1S/C8H15NO3.H2/c1-4-7(10)6(3)9-8(11)12-5-2;/h6H,4-5H2,1-3H3,(H,9,11);1H. The predicted octanol–water partition coefficient (Wildman–Crippen LogP) is 1.35. The van der Waals surface area contributed by atoms with Crippen molar-refractivity contribution in [3.8, 4) is 0 Å². The minimum atomic E-state index is -0.535. The zero-order valence-electron chi connectivity index (χ0n) is 7.72. The Labute approximate surface area is 73.8 Å². The summed E-state index contributed by atoms with van der Waals surface area (Å²) in [6, 6.07) is -0.450. The zero-order valence-corrected chi connectivity index (χ0v) is 7.72. The Bertz CT molecular complexity index is 173. The summed E-state index contributed by atoms with van der Waals surface area (Å²) in [6.07, 6.45) is -0.111. The van der Waals surface area contributed by atoms with Crippen LogP contribution in [-0.2, 0) is 9.53 Å². The number of hydrogen-bond donors (Lipinski definition) is 1. The van der Waals surface area contributed by atoms with E-state index in [1.807, 2.05) is 0 Å². The van der Waals surface area contributed by atoms with Crippen LogP contribution in [0.15, 0.2) is 0 Å². The fourth-order valence-corrected chi connectivity index (χ4v) is 0.736. The van der Waals surface area contributed by atoms with Crippen LogP contribution in [0, 0.1) is 0 Å². The van der Waals surface area contributed by atoms with Crippen LogP contribution in [0.4, 0.5) is 4.79 Å². The molecular formula is C8H17NO3. The molecular weight excluding hydrogens is 158 g/mol. The first-order valence-corrected chi connectivity index (χ1v) is 4.07. The highest BCUT2D eigenvalue weighted by atomic mass is 16.5. The second-order valence-electron chi connectivity index (χ2n) is 2.41. The smallest absolute Gasteiger partial charge is 0.407 e. The first-order valence-electron chi connectivity index (χ1n) is 4.07. The van der Waals surface area contributed by atoms with Gasteiger partial charge in [-0.05, 0) is 13.8 Å². The van der Waals surface area contributed by atoms with Gasteiger partial charge in [0.2, 0.25) is 0 Å². The average Bonchev–Trinajstić information content (AvgIpc) is 2.03.